The van der Waals surface area contributed by atoms with Crippen molar-refractivity contribution in [2.75, 3.05) is 45.9 Å². The van der Waals surface area contributed by atoms with E-state index in [1.165, 1.54) is 38.6 Å². The fourth-order valence-electron chi connectivity index (χ4n) is 6.37. The highest BCUT2D eigenvalue weighted by atomic mass is 16.5. The van der Waals surface area contributed by atoms with Gasteiger partial charge in [-0.2, -0.15) is 0 Å². The van der Waals surface area contributed by atoms with Gasteiger partial charge in [-0.15, -0.1) is 0 Å². The van der Waals surface area contributed by atoms with E-state index < -0.39 is 5.60 Å². The summed E-state index contributed by atoms with van der Waals surface area (Å²) in [6, 6.07) is 0. The van der Waals surface area contributed by atoms with E-state index in [4.69, 9.17) is 4.74 Å². The molecule has 4 rings (SSSR count). The molecule has 1 atom stereocenters. The maximum atomic E-state index is 12.5. The predicted octanol–water partition coefficient (Wildman–Crippen LogP) is 3.08. The van der Waals surface area contributed by atoms with Crippen molar-refractivity contribution in [3.05, 3.63) is 0 Å². The van der Waals surface area contributed by atoms with Crippen LogP contribution in [0.2, 0.25) is 0 Å². The lowest BCUT2D eigenvalue weighted by Gasteiger charge is -2.40. The van der Waals surface area contributed by atoms with Crippen LogP contribution in [0, 0.1) is 17.8 Å². The van der Waals surface area contributed by atoms with Crippen molar-refractivity contribution in [3.63, 3.8) is 0 Å². The summed E-state index contributed by atoms with van der Waals surface area (Å²) in [4.78, 5) is 15.1. The van der Waals surface area contributed by atoms with Crippen LogP contribution in [0.5, 0.6) is 0 Å². The van der Waals surface area contributed by atoms with E-state index in [0.717, 1.165) is 83.5 Å². The summed E-state index contributed by atoms with van der Waals surface area (Å²) in [6.07, 6.45) is 15.5. The van der Waals surface area contributed by atoms with Gasteiger partial charge in [0.1, 0.15) is 0 Å². The monoisotopic (exact) mass is 449 g/mol. The molecule has 0 aromatic carbocycles. The number of ether oxygens (including phenoxy) is 1. The van der Waals surface area contributed by atoms with Gasteiger partial charge in [-0.1, -0.05) is 19.3 Å². The fraction of sp³-hybridized carbons (Fsp3) is 0.962. The summed E-state index contributed by atoms with van der Waals surface area (Å²) in [5, 5.41) is 17.7. The van der Waals surface area contributed by atoms with Crippen LogP contribution in [0.15, 0.2) is 0 Å². The Balaban J connectivity index is 1.06. The highest BCUT2D eigenvalue weighted by Crippen LogP contribution is 2.30. The van der Waals surface area contributed by atoms with Crippen LogP contribution in [-0.4, -0.2) is 73.5 Å². The standard InChI is InChI=1S/C26H47N3O3/c30-25(28-18-24-7-4-16-32-24)23-10-8-21(9-11-23)17-27-20-26(31)12-14-29(15-13-26)19-22-5-2-1-3-6-22/h21-24,27,31H,1-20H2,(H,28,30)/t21-,23-,24?. The molecule has 2 aliphatic heterocycles. The SMILES string of the molecule is O=C(NCC1CCCO1)[C@H]1CC[C@H](CNCC2(O)CCN(CC3CCCCC3)CC2)CC1. The van der Waals surface area contributed by atoms with Gasteiger partial charge in [0.2, 0.25) is 5.91 Å². The third-order valence-electron chi connectivity index (χ3n) is 8.66. The summed E-state index contributed by atoms with van der Waals surface area (Å²) in [7, 11) is 0. The first kappa shape index (κ1) is 24.4. The third-order valence-corrected chi connectivity index (χ3v) is 8.66. The van der Waals surface area contributed by atoms with Crippen molar-refractivity contribution >= 4 is 5.91 Å². The summed E-state index contributed by atoms with van der Waals surface area (Å²) in [5.74, 6) is 1.92. The van der Waals surface area contributed by atoms with Crippen molar-refractivity contribution in [3.8, 4) is 0 Å². The molecule has 2 saturated carbocycles. The van der Waals surface area contributed by atoms with Crippen LogP contribution in [-0.2, 0) is 9.53 Å². The van der Waals surface area contributed by atoms with E-state index in [9.17, 15) is 9.90 Å². The molecule has 0 spiro atoms. The quantitative estimate of drug-likeness (QED) is 0.504. The largest absolute Gasteiger partial charge is 0.388 e. The summed E-state index contributed by atoms with van der Waals surface area (Å²) in [6.45, 7) is 6.53. The van der Waals surface area contributed by atoms with Crippen LogP contribution in [0.4, 0.5) is 0 Å². The smallest absolute Gasteiger partial charge is 0.223 e. The molecular formula is C26H47N3O3. The molecule has 184 valence electrons. The van der Waals surface area contributed by atoms with Gasteiger partial charge < -0.3 is 25.4 Å². The van der Waals surface area contributed by atoms with Crippen LogP contribution in [0.25, 0.3) is 0 Å². The minimum Gasteiger partial charge on any atom is -0.388 e. The van der Waals surface area contributed by atoms with Gasteiger partial charge >= 0.3 is 0 Å². The Morgan fingerprint density at radius 2 is 1.66 bits per heavy atom. The van der Waals surface area contributed by atoms with E-state index in [1.807, 2.05) is 0 Å². The minimum atomic E-state index is -0.539. The van der Waals surface area contributed by atoms with Crippen LogP contribution in [0.1, 0.15) is 83.5 Å². The van der Waals surface area contributed by atoms with Crippen LogP contribution < -0.4 is 10.6 Å². The Kier molecular flexibility index (Phi) is 9.27. The first-order chi connectivity index (χ1) is 15.6. The maximum Gasteiger partial charge on any atom is 0.223 e. The number of hydrogen-bond acceptors (Lipinski definition) is 5. The first-order valence-electron chi connectivity index (χ1n) is 13.6. The van der Waals surface area contributed by atoms with E-state index in [0.29, 0.717) is 19.0 Å². The number of piperidine rings is 1. The molecular weight excluding hydrogens is 402 g/mol. The number of nitrogens with zero attached hydrogens (tertiary/aromatic N) is 1. The fourth-order valence-corrected chi connectivity index (χ4v) is 6.37. The zero-order valence-electron chi connectivity index (χ0n) is 20.2. The molecule has 6 heteroatoms. The van der Waals surface area contributed by atoms with Crippen molar-refractivity contribution in [2.45, 2.75) is 95.2 Å². The molecule has 2 heterocycles. The zero-order valence-corrected chi connectivity index (χ0v) is 20.2. The molecule has 0 aromatic rings. The number of rotatable bonds is 9. The van der Waals surface area contributed by atoms with Gasteiger partial charge in [-0.25, -0.2) is 0 Å². The van der Waals surface area contributed by atoms with Crippen molar-refractivity contribution in [1.29, 1.82) is 0 Å². The summed E-state index contributed by atoms with van der Waals surface area (Å²) < 4.78 is 5.60. The average molecular weight is 450 g/mol. The molecule has 0 aromatic heterocycles. The normalized spacial score (nSPS) is 32.1. The average Bonchev–Trinajstić information content (AvgIpc) is 3.34. The lowest BCUT2D eigenvalue weighted by molar-refractivity contribution is -0.126. The Hall–Kier alpha value is -0.690. The molecule has 32 heavy (non-hydrogen) atoms. The molecule has 0 bridgehead atoms. The molecule has 4 aliphatic rings. The second kappa shape index (κ2) is 12.1. The Morgan fingerprint density at radius 1 is 0.906 bits per heavy atom. The summed E-state index contributed by atoms with van der Waals surface area (Å²) in [5.41, 5.74) is -0.539. The number of carbonyl (C=O) groups is 1. The highest BCUT2D eigenvalue weighted by molar-refractivity contribution is 5.78. The van der Waals surface area contributed by atoms with Crippen molar-refractivity contribution < 1.29 is 14.6 Å². The van der Waals surface area contributed by atoms with Gasteiger partial charge in [0.25, 0.3) is 0 Å². The molecule has 2 saturated heterocycles. The van der Waals surface area contributed by atoms with Gasteiger partial charge in [0, 0.05) is 45.2 Å². The highest BCUT2D eigenvalue weighted by Gasteiger charge is 2.33. The topological polar surface area (TPSA) is 73.8 Å². The second-order valence-electron chi connectivity index (χ2n) is 11.3. The van der Waals surface area contributed by atoms with Gasteiger partial charge in [0.15, 0.2) is 0 Å². The van der Waals surface area contributed by atoms with E-state index >= 15 is 0 Å². The Morgan fingerprint density at radius 3 is 2.34 bits per heavy atom. The number of amides is 1. The number of aliphatic hydroxyl groups is 1. The lowest BCUT2D eigenvalue weighted by Crippen LogP contribution is -2.51. The second-order valence-corrected chi connectivity index (χ2v) is 11.3. The molecule has 1 amide bonds. The zero-order chi connectivity index (χ0) is 22.2. The van der Waals surface area contributed by atoms with E-state index in [1.54, 1.807) is 0 Å². The van der Waals surface area contributed by atoms with Gasteiger partial charge in [-0.05, 0) is 82.6 Å². The van der Waals surface area contributed by atoms with Crippen LogP contribution >= 0.6 is 0 Å². The van der Waals surface area contributed by atoms with E-state index in [2.05, 4.69) is 15.5 Å². The minimum absolute atomic E-state index is 0.172. The molecule has 2 aliphatic carbocycles. The number of hydrogen-bond donors (Lipinski definition) is 3. The van der Waals surface area contributed by atoms with Crippen molar-refractivity contribution in [1.82, 2.24) is 15.5 Å². The Labute approximate surface area is 195 Å². The van der Waals surface area contributed by atoms with Gasteiger partial charge in [-0.3, -0.25) is 4.79 Å². The van der Waals surface area contributed by atoms with Crippen LogP contribution in [0.3, 0.4) is 0 Å². The third kappa shape index (κ3) is 7.41. The Bertz CT molecular complexity index is 559. The maximum absolute atomic E-state index is 12.5. The molecule has 0 radical (unpaired) electrons. The number of nitrogens with one attached hydrogen (secondary N) is 2. The molecule has 3 N–H and O–H groups in total. The molecule has 1 unspecified atom stereocenters. The molecule has 4 fully saturated rings. The lowest BCUT2D eigenvalue weighted by atomic mass is 9.81. The first-order valence-corrected chi connectivity index (χ1v) is 13.6. The van der Waals surface area contributed by atoms with Gasteiger partial charge in [0.05, 0.1) is 11.7 Å². The number of carbonyl (C=O) groups excluding carboxylic acids is 1. The summed E-state index contributed by atoms with van der Waals surface area (Å²) >= 11 is 0. The predicted molar refractivity (Wildman–Crippen MR) is 128 cm³/mol. The molecule has 6 nitrogen and oxygen atoms in total. The van der Waals surface area contributed by atoms with Crippen molar-refractivity contribution in [2.24, 2.45) is 17.8 Å². The number of likely N-dealkylation sites (tertiary alicyclic amines) is 1. The van der Waals surface area contributed by atoms with E-state index in [-0.39, 0.29) is 17.9 Å².